The number of hydrogen-bond acceptors (Lipinski definition) is 4. The molecule has 1 aromatic carbocycles. The Balaban J connectivity index is 1.50. The van der Waals surface area contributed by atoms with Gasteiger partial charge in [-0.3, -0.25) is 4.79 Å². The summed E-state index contributed by atoms with van der Waals surface area (Å²) in [6.07, 6.45) is 4.80. The summed E-state index contributed by atoms with van der Waals surface area (Å²) in [5, 5.41) is 9.11. The summed E-state index contributed by atoms with van der Waals surface area (Å²) in [7, 11) is 0. The minimum atomic E-state index is -0.361. The standard InChI is InChI=1S/C17H24FN3O2/c18-15-9-13(21-17(22)10-12-3-1-7-19-12)5-6-16(15)20-11-14-4-2-8-23-14/h5-6,9,12,14,19-20H,1-4,7-8,10-11H2,(H,21,22). The van der Waals surface area contributed by atoms with Crippen LogP contribution in [-0.4, -0.2) is 37.7 Å². The number of rotatable bonds is 6. The first-order valence-corrected chi connectivity index (χ1v) is 8.39. The lowest BCUT2D eigenvalue weighted by atomic mass is 10.1. The second-order valence-electron chi connectivity index (χ2n) is 6.26. The Morgan fingerprint density at radius 1 is 1.35 bits per heavy atom. The van der Waals surface area contributed by atoms with Crippen LogP contribution in [0, 0.1) is 5.82 Å². The van der Waals surface area contributed by atoms with Crippen LogP contribution >= 0.6 is 0 Å². The zero-order valence-corrected chi connectivity index (χ0v) is 13.2. The smallest absolute Gasteiger partial charge is 0.225 e. The minimum absolute atomic E-state index is 0.0798. The fourth-order valence-electron chi connectivity index (χ4n) is 3.13. The summed E-state index contributed by atoms with van der Waals surface area (Å²) < 4.78 is 19.6. The monoisotopic (exact) mass is 321 g/mol. The van der Waals surface area contributed by atoms with E-state index in [4.69, 9.17) is 4.74 Å². The van der Waals surface area contributed by atoms with Gasteiger partial charge < -0.3 is 20.7 Å². The highest BCUT2D eigenvalue weighted by Crippen LogP contribution is 2.21. The molecule has 0 radical (unpaired) electrons. The Morgan fingerprint density at radius 3 is 2.96 bits per heavy atom. The zero-order valence-electron chi connectivity index (χ0n) is 13.2. The van der Waals surface area contributed by atoms with E-state index in [-0.39, 0.29) is 23.9 Å². The third kappa shape index (κ3) is 4.65. The van der Waals surface area contributed by atoms with Crippen LogP contribution in [0.2, 0.25) is 0 Å². The van der Waals surface area contributed by atoms with Gasteiger partial charge in [0.05, 0.1) is 11.8 Å². The normalized spacial score (nSPS) is 23.9. The third-order valence-electron chi connectivity index (χ3n) is 4.39. The molecule has 0 aromatic heterocycles. The second-order valence-corrected chi connectivity index (χ2v) is 6.26. The van der Waals surface area contributed by atoms with E-state index in [1.807, 2.05) is 0 Å². The summed E-state index contributed by atoms with van der Waals surface area (Å²) in [5.41, 5.74) is 0.934. The number of halogens is 1. The molecule has 2 atom stereocenters. The molecular weight excluding hydrogens is 297 g/mol. The van der Waals surface area contributed by atoms with Crippen molar-refractivity contribution in [2.24, 2.45) is 0 Å². The molecule has 126 valence electrons. The van der Waals surface area contributed by atoms with Crippen molar-refractivity contribution in [1.82, 2.24) is 5.32 Å². The Morgan fingerprint density at radius 2 is 2.26 bits per heavy atom. The molecule has 1 amide bonds. The first kappa shape index (κ1) is 16.2. The summed E-state index contributed by atoms with van der Waals surface area (Å²) in [6.45, 7) is 2.36. The van der Waals surface area contributed by atoms with Crippen molar-refractivity contribution >= 4 is 17.3 Å². The molecule has 0 saturated carbocycles. The van der Waals surface area contributed by atoms with Crippen molar-refractivity contribution in [2.75, 3.05) is 30.3 Å². The van der Waals surface area contributed by atoms with Gasteiger partial charge in [0.15, 0.2) is 0 Å². The molecule has 3 N–H and O–H groups in total. The van der Waals surface area contributed by atoms with Gasteiger partial charge in [0.25, 0.3) is 0 Å². The molecule has 0 spiro atoms. The maximum absolute atomic E-state index is 14.1. The molecule has 23 heavy (non-hydrogen) atoms. The van der Waals surface area contributed by atoms with E-state index in [0.717, 1.165) is 38.8 Å². The van der Waals surface area contributed by atoms with Crippen molar-refractivity contribution in [3.63, 3.8) is 0 Å². The van der Waals surface area contributed by atoms with Crippen LogP contribution in [0.15, 0.2) is 18.2 Å². The Labute approximate surface area is 136 Å². The number of anilines is 2. The summed E-state index contributed by atoms with van der Waals surface area (Å²) >= 11 is 0. The van der Waals surface area contributed by atoms with Gasteiger partial charge in [0.1, 0.15) is 5.82 Å². The second kappa shape index (κ2) is 7.75. The maximum atomic E-state index is 14.1. The van der Waals surface area contributed by atoms with Crippen molar-refractivity contribution in [1.29, 1.82) is 0 Å². The zero-order chi connectivity index (χ0) is 16.1. The molecular formula is C17H24FN3O2. The number of ether oxygens (including phenoxy) is 1. The molecule has 1 aromatic rings. The largest absolute Gasteiger partial charge is 0.380 e. The maximum Gasteiger partial charge on any atom is 0.225 e. The van der Waals surface area contributed by atoms with Crippen LogP contribution < -0.4 is 16.0 Å². The topological polar surface area (TPSA) is 62.4 Å². The van der Waals surface area contributed by atoms with Crippen LogP contribution in [0.3, 0.4) is 0 Å². The summed E-state index contributed by atoms with van der Waals surface area (Å²) in [5.74, 6) is -0.441. The predicted octanol–water partition coefficient (Wildman–Crippen LogP) is 2.50. The van der Waals surface area contributed by atoms with Gasteiger partial charge in [-0.1, -0.05) is 0 Å². The van der Waals surface area contributed by atoms with Crippen molar-refractivity contribution < 1.29 is 13.9 Å². The molecule has 2 saturated heterocycles. The molecule has 0 aliphatic carbocycles. The number of benzene rings is 1. The van der Waals surface area contributed by atoms with E-state index in [0.29, 0.717) is 24.3 Å². The van der Waals surface area contributed by atoms with E-state index in [1.165, 1.54) is 6.07 Å². The Hall–Kier alpha value is -1.66. The summed E-state index contributed by atoms with van der Waals surface area (Å²) in [6, 6.07) is 4.99. The minimum Gasteiger partial charge on any atom is -0.380 e. The number of nitrogens with one attached hydrogen (secondary N) is 3. The van der Waals surface area contributed by atoms with E-state index < -0.39 is 0 Å². The van der Waals surface area contributed by atoms with Crippen molar-refractivity contribution in [3.8, 4) is 0 Å². The molecule has 2 unspecified atom stereocenters. The number of amides is 1. The molecule has 2 aliphatic heterocycles. The molecule has 6 heteroatoms. The highest BCUT2D eigenvalue weighted by molar-refractivity contribution is 5.91. The Bertz CT molecular complexity index is 541. The van der Waals surface area contributed by atoms with Gasteiger partial charge >= 0.3 is 0 Å². The first-order valence-electron chi connectivity index (χ1n) is 8.39. The SMILES string of the molecule is O=C(CC1CCCN1)Nc1ccc(NCC2CCCO2)c(F)c1. The van der Waals surface area contributed by atoms with Gasteiger partial charge in [-0.2, -0.15) is 0 Å². The highest BCUT2D eigenvalue weighted by Gasteiger charge is 2.18. The fraction of sp³-hybridized carbons (Fsp3) is 0.588. The number of carbonyl (C=O) groups is 1. The van der Waals surface area contributed by atoms with Crippen LogP contribution in [0.25, 0.3) is 0 Å². The molecule has 2 heterocycles. The van der Waals surface area contributed by atoms with Gasteiger partial charge in [-0.05, 0) is 50.4 Å². The molecule has 0 bridgehead atoms. The molecule has 3 rings (SSSR count). The Kier molecular flexibility index (Phi) is 5.46. The summed E-state index contributed by atoms with van der Waals surface area (Å²) in [4.78, 5) is 12.0. The van der Waals surface area contributed by atoms with Gasteiger partial charge in [0, 0.05) is 31.3 Å². The predicted molar refractivity (Wildman–Crippen MR) is 88.1 cm³/mol. The number of carbonyl (C=O) groups excluding carboxylic acids is 1. The van der Waals surface area contributed by atoms with Crippen LogP contribution in [0.1, 0.15) is 32.1 Å². The van der Waals surface area contributed by atoms with Crippen LogP contribution in [0.4, 0.5) is 15.8 Å². The molecule has 5 nitrogen and oxygen atoms in total. The van der Waals surface area contributed by atoms with Crippen molar-refractivity contribution in [2.45, 2.75) is 44.2 Å². The van der Waals surface area contributed by atoms with Gasteiger partial charge in [0.2, 0.25) is 5.91 Å². The highest BCUT2D eigenvalue weighted by atomic mass is 19.1. The van der Waals surface area contributed by atoms with Gasteiger partial charge in [-0.25, -0.2) is 4.39 Å². The lowest BCUT2D eigenvalue weighted by Crippen LogP contribution is -2.27. The van der Waals surface area contributed by atoms with E-state index in [2.05, 4.69) is 16.0 Å². The fourth-order valence-corrected chi connectivity index (χ4v) is 3.13. The quantitative estimate of drug-likeness (QED) is 0.753. The lowest BCUT2D eigenvalue weighted by molar-refractivity contribution is -0.116. The first-order chi connectivity index (χ1) is 11.2. The number of hydrogen-bond donors (Lipinski definition) is 3. The van der Waals surface area contributed by atoms with Crippen molar-refractivity contribution in [3.05, 3.63) is 24.0 Å². The molecule has 2 aliphatic rings. The average Bonchev–Trinajstić information content (AvgIpc) is 3.19. The molecule has 2 fully saturated rings. The van der Waals surface area contributed by atoms with Crippen LogP contribution in [0.5, 0.6) is 0 Å². The van der Waals surface area contributed by atoms with E-state index in [1.54, 1.807) is 12.1 Å². The van der Waals surface area contributed by atoms with Crippen LogP contribution in [-0.2, 0) is 9.53 Å². The lowest BCUT2D eigenvalue weighted by Gasteiger charge is -2.14. The average molecular weight is 321 g/mol. The van der Waals surface area contributed by atoms with E-state index >= 15 is 0 Å². The third-order valence-corrected chi connectivity index (χ3v) is 4.39. The van der Waals surface area contributed by atoms with E-state index in [9.17, 15) is 9.18 Å². The van der Waals surface area contributed by atoms with Gasteiger partial charge in [-0.15, -0.1) is 0 Å².